The molecule has 1 N–H and O–H groups in total. The van der Waals surface area contributed by atoms with Gasteiger partial charge in [-0.3, -0.25) is 4.79 Å². The van der Waals surface area contributed by atoms with Gasteiger partial charge in [-0.15, -0.1) is 0 Å². The lowest BCUT2D eigenvalue weighted by molar-refractivity contribution is 0.112. The summed E-state index contributed by atoms with van der Waals surface area (Å²) in [7, 11) is 0. The number of ether oxygens (including phenoxy) is 1. The molecule has 0 saturated carbocycles. The minimum atomic E-state index is 0.270. The van der Waals surface area contributed by atoms with Gasteiger partial charge < -0.3 is 14.3 Å². The van der Waals surface area contributed by atoms with Gasteiger partial charge in [0.2, 0.25) is 5.89 Å². The second-order valence-electron chi connectivity index (χ2n) is 5.96. The Morgan fingerprint density at radius 1 is 1.12 bits per heavy atom. The van der Waals surface area contributed by atoms with Gasteiger partial charge in [0.05, 0.1) is 0 Å². The zero-order chi connectivity index (χ0) is 18.0. The van der Waals surface area contributed by atoms with Crippen molar-refractivity contribution in [3.05, 3.63) is 64.5 Å². The Morgan fingerprint density at radius 2 is 1.76 bits per heavy atom. The van der Waals surface area contributed by atoms with Gasteiger partial charge in [-0.25, -0.2) is 4.98 Å². The minimum Gasteiger partial charge on any atom is -0.507 e. The Kier molecular flexibility index (Phi) is 4.57. The van der Waals surface area contributed by atoms with Crippen LogP contribution in [-0.2, 0) is 6.61 Å². The molecule has 0 aliphatic rings. The summed E-state index contributed by atoms with van der Waals surface area (Å²) in [4.78, 5) is 15.2. The fourth-order valence-electron chi connectivity index (χ4n) is 2.56. The molecule has 25 heavy (non-hydrogen) atoms. The lowest BCUT2D eigenvalue weighted by Crippen LogP contribution is -1.97. The van der Waals surface area contributed by atoms with E-state index in [0.29, 0.717) is 28.7 Å². The number of aryl methyl sites for hydroxylation is 3. The van der Waals surface area contributed by atoms with Gasteiger partial charge in [0.1, 0.15) is 35.8 Å². The highest BCUT2D eigenvalue weighted by Crippen LogP contribution is 2.30. The van der Waals surface area contributed by atoms with Crippen molar-refractivity contribution in [1.29, 1.82) is 0 Å². The lowest BCUT2D eigenvalue weighted by Gasteiger charge is -2.05. The van der Waals surface area contributed by atoms with Crippen molar-refractivity contribution >= 4 is 6.29 Å². The van der Waals surface area contributed by atoms with Crippen molar-refractivity contribution in [2.45, 2.75) is 27.4 Å². The van der Waals surface area contributed by atoms with Crippen LogP contribution in [0.3, 0.4) is 0 Å². The molecule has 0 amide bonds. The number of aldehydes is 1. The Hall–Kier alpha value is -3.08. The SMILES string of the molecule is Cc1cc(-c2nc(COc3ccc(C=O)cc3)c(C)o2)cc(C)c1O. The zero-order valence-electron chi connectivity index (χ0n) is 14.4. The molecular weight excluding hydrogens is 318 g/mol. The Labute approximate surface area is 145 Å². The molecule has 5 heteroatoms. The molecular formula is C20H19NO4. The van der Waals surface area contributed by atoms with E-state index in [2.05, 4.69) is 4.98 Å². The maximum absolute atomic E-state index is 10.7. The Morgan fingerprint density at radius 3 is 2.36 bits per heavy atom. The number of benzene rings is 2. The highest BCUT2D eigenvalue weighted by atomic mass is 16.5. The van der Waals surface area contributed by atoms with Gasteiger partial charge >= 0.3 is 0 Å². The van der Waals surface area contributed by atoms with Crippen molar-refractivity contribution < 1.29 is 19.1 Å². The fourth-order valence-corrected chi connectivity index (χ4v) is 2.56. The van der Waals surface area contributed by atoms with Gasteiger partial charge in [0.15, 0.2) is 0 Å². The van der Waals surface area contributed by atoms with Crippen LogP contribution in [0.25, 0.3) is 11.5 Å². The molecule has 0 unspecified atom stereocenters. The van der Waals surface area contributed by atoms with Gasteiger partial charge in [0.25, 0.3) is 0 Å². The number of carbonyl (C=O) groups excluding carboxylic acids is 1. The molecule has 0 aliphatic carbocycles. The summed E-state index contributed by atoms with van der Waals surface area (Å²) in [6.45, 7) is 5.79. The number of phenolic OH excluding ortho intramolecular Hbond substituents is 1. The van der Waals surface area contributed by atoms with Crippen LogP contribution >= 0.6 is 0 Å². The largest absolute Gasteiger partial charge is 0.507 e. The summed E-state index contributed by atoms with van der Waals surface area (Å²) >= 11 is 0. The van der Waals surface area contributed by atoms with Gasteiger partial charge in [-0.2, -0.15) is 0 Å². The number of hydrogen-bond donors (Lipinski definition) is 1. The van der Waals surface area contributed by atoms with E-state index in [9.17, 15) is 9.90 Å². The van der Waals surface area contributed by atoms with E-state index in [1.807, 2.05) is 32.9 Å². The summed E-state index contributed by atoms with van der Waals surface area (Å²) in [6.07, 6.45) is 0.791. The number of oxazole rings is 1. The summed E-state index contributed by atoms with van der Waals surface area (Å²) in [6, 6.07) is 10.6. The van der Waals surface area contributed by atoms with Crippen molar-refractivity contribution in [3.63, 3.8) is 0 Å². The number of nitrogens with zero attached hydrogens (tertiary/aromatic N) is 1. The molecule has 0 aliphatic heterocycles. The van der Waals surface area contributed by atoms with E-state index in [4.69, 9.17) is 9.15 Å². The van der Waals surface area contributed by atoms with E-state index in [1.165, 1.54) is 0 Å². The van der Waals surface area contributed by atoms with E-state index in [0.717, 1.165) is 23.0 Å². The van der Waals surface area contributed by atoms with E-state index >= 15 is 0 Å². The number of carbonyl (C=O) groups is 1. The van der Waals surface area contributed by atoms with Crippen LogP contribution in [0.5, 0.6) is 11.5 Å². The molecule has 128 valence electrons. The second-order valence-corrected chi connectivity index (χ2v) is 5.96. The highest BCUT2D eigenvalue weighted by Gasteiger charge is 2.14. The molecule has 0 saturated heterocycles. The van der Waals surface area contributed by atoms with Crippen LogP contribution in [0.15, 0.2) is 40.8 Å². The topological polar surface area (TPSA) is 72.6 Å². The smallest absolute Gasteiger partial charge is 0.226 e. The highest BCUT2D eigenvalue weighted by molar-refractivity contribution is 5.74. The van der Waals surface area contributed by atoms with E-state index < -0.39 is 0 Å². The molecule has 0 spiro atoms. The monoisotopic (exact) mass is 337 g/mol. The number of phenols is 1. The van der Waals surface area contributed by atoms with Crippen molar-refractivity contribution in [2.75, 3.05) is 0 Å². The predicted molar refractivity (Wildman–Crippen MR) is 94.0 cm³/mol. The van der Waals surface area contributed by atoms with Gasteiger partial charge in [-0.1, -0.05) is 0 Å². The molecule has 1 heterocycles. The number of aromatic hydroxyl groups is 1. The van der Waals surface area contributed by atoms with Crippen LogP contribution in [-0.4, -0.2) is 16.4 Å². The molecule has 1 aromatic heterocycles. The second kappa shape index (κ2) is 6.81. The van der Waals surface area contributed by atoms with Gasteiger partial charge in [0, 0.05) is 11.1 Å². The summed E-state index contributed by atoms with van der Waals surface area (Å²) in [5, 5.41) is 9.89. The van der Waals surface area contributed by atoms with Crippen LogP contribution in [0, 0.1) is 20.8 Å². The first-order valence-electron chi connectivity index (χ1n) is 7.93. The predicted octanol–water partition coefficient (Wildman–Crippen LogP) is 4.36. The third-order valence-electron chi connectivity index (χ3n) is 4.02. The molecule has 0 bridgehead atoms. The Bertz CT molecular complexity index is 887. The molecule has 0 atom stereocenters. The third kappa shape index (κ3) is 3.55. The first kappa shape index (κ1) is 16.8. The molecule has 0 fully saturated rings. The first-order chi connectivity index (χ1) is 12.0. The molecule has 2 aromatic carbocycles. The lowest BCUT2D eigenvalue weighted by atomic mass is 10.1. The maximum atomic E-state index is 10.7. The van der Waals surface area contributed by atoms with Gasteiger partial charge in [-0.05, 0) is 68.3 Å². The number of rotatable bonds is 5. The average molecular weight is 337 g/mol. The minimum absolute atomic E-state index is 0.270. The summed E-state index contributed by atoms with van der Waals surface area (Å²) < 4.78 is 11.5. The van der Waals surface area contributed by atoms with Crippen molar-refractivity contribution in [1.82, 2.24) is 4.98 Å². The standard InChI is InChI=1S/C20H19NO4/c1-12-8-16(9-13(2)19(12)23)20-21-18(14(3)25-20)11-24-17-6-4-15(10-22)5-7-17/h4-10,23H,11H2,1-3H3. The average Bonchev–Trinajstić information content (AvgIpc) is 2.98. The van der Waals surface area contributed by atoms with Crippen LogP contribution in [0.2, 0.25) is 0 Å². The molecule has 3 rings (SSSR count). The zero-order valence-corrected chi connectivity index (χ0v) is 14.4. The van der Waals surface area contributed by atoms with Crippen molar-refractivity contribution in [2.24, 2.45) is 0 Å². The van der Waals surface area contributed by atoms with E-state index in [1.54, 1.807) is 24.3 Å². The normalized spacial score (nSPS) is 10.7. The van der Waals surface area contributed by atoms with Crippen molar-refractivity contribution in [3.8, 4) is 23.0 Å². The molecule has 3 aromatic rings. The number of aromatic nitrogens is 1. The fraction of sp³-hybridized carbons (Fsp3) is 0.200. The summed E-state index contributed by atoms with van der Waals surface area (Å²) in [5.74, 6) is 2.13. The quantitative estimate of drug-likeness (QED) is 0.700. The molecule has 5 nitrogen and oxygen atoms in total. The van der Waals surface area contributed by atoms with Crippen LogP contribution in [0.4, 0.5) is 0 Å². The maximum Gasteiger partial charge on any atom is 0.226 e. The van der Waals surface area contributed by atoms with Crippen LogP contribution < -0.4 is 4.74 Å². The molecule has 0 radical (unpaired) electrons. The summed E-state index contributed by atoms with van der Waals surface area (Å²) in [5.41, 5.74) is 3.68. The number of hydrogen-bond acceptors (Lipinski definition) is 5. The third-order valence-corrected chi connectivity index (χ3v) is 4.02. The van der Waals surface area contributed by atoms with Crippen LogP contribution in [0.1, 0.15) is 32.9 Å². The van der Waals surface area contributed by atoms with E-state index in [-0.39, 0.29) is 12.4 Å². The first-order valence-corrected chi connectivity index (χ1v) is 7.93. The Balaban J connectivity index is 1.79.